The van der Waals surface area contributed by atoms with Crippen LogP contribution < -0.4 is 16.6 Å². The third-order valence-corrected chi connectivity index (χ3v) is 2.80. The summed E-state index contributed by atoms with van der Waals surface area (Å²) in [5.74, 6) is 7.73. The average molecular weight is 281 g/mol. The largest absolute Gasteiger partial charge is 0.377 e. The Morgan fingerprint density at radius 1 is 1.20 bits per heavy atom. The van der Waals surface area contributed by atoms with Crippen molar-refractivity contribution < 1.29 is 4.74 Å². The zero-order valence-electron chi connectivity index (χ0n) is 13.4. The predicted molar refractivity (Wildman–Crippen MR) is 82.9 cm³/mol. The molecule has 0 aliphatic carbocycles. The second kappa shape index (κ2) is 6.85. The van der Waals surface area contributed by atoms with Crippen molar-refractivity contribution in [1.82, 2.24) is 9.97 Å². The number of nitrogen functional groups attached to an aromatic ring is 1. The monoisotopic (exact) mass is 281 g/mol. The number of hydrogen-bond acceptors (Lipinski definition) is 6. The van der Waals surface area contributed by atoms with Gasteiger partial charge in [0.25, 0.3) is 0 Å². The van der Waals surface area contributed by atoms with Gasteiger partial charge in [-0.15, -0.1) is 0 Å². The molecule has 0 saturated carbocycles. The number of nitrogens with one attached hydrogen (secondary N) is 2. The summed E-state index contributed by atoms with van der Waals surface area (Å²) in [5.41, 5.74) is 3.41. The molecule has 114 valence electrons. The highest BCUT2D eigenvalue weighted by molar-refractivity contribution is 5.57. The summed E-state index contributed by atoms with van der Waals surface area (Å²) in [4.78, 5) is 9.06. The molecule has 0 fully saturated rings. The Hall–Kier alpha value is -1.40. The van der Waals surface area contributed by atoms with Crippen LogP contribution in [-0.2, 0) is 10.2 Å². The maximum Gasteiger partial charge on any atom is 0.148 e. The lowest BCUT2D eigenvalue weighted by molar-refractivity contribution is 0.0870. The first-order valence-corrected chi connectivity index (χ1v) is 6.97. The SMILES string of the molecule is Cc1c(NN)nc(C(C)(C)C)nc1NCCOC(C)C. The smallest absolute Gasteiger partial charge is 0.148 e. The molecule has 0 saturated heterocycles. The number of aromatic nitrogens is 2. The lowest BCUT2D eigenvalue weighted by Crippen LogP contribution is -2.22. The highest BCUT2D eigenvalue weighted by Gasteiger charge is 2.20. The van der Waals surface area contributed by atoms with Gasteiger partial charge < -0.3 is 15.5 Å². The quantitative estimate of drug-likeness (QED) is 0.421. The van der Waals surface area contributed by atoms with E-state index in [1.807, 2.05) is 20.8 Å². The maximum atomic E-state index is 5.53. The van der Waals surface area contributed by atoms with E-state index in [1.165, 1.54) is 0 Å². The van der Waals surface area contributed by atoms with Crippen molar-refractivity contribution in [2.24, 2.45) is 5.84 Å². The third kappa shape index (κ3) is 4.61. The molecule has 0 bridgehead atoms. The first kappa shape index (κ1) is 16.7. The fourth-order valence-electron chi connectivity index (χ4n) is 1.63. The van der Waals surface area contributed by atoms with Gasteiger partial charge in [-0.3, -0.25) is 0 Å². The Morgan fingerprint density at radius 2 is 1.80 bits per heavy atom. The van der Waals surface area contributed by atoms with Crippen LogP contribution in [-0.4, -0.2) is 29.2 Å². The maximum absolute atomic E-state index is 5.53. The Balaban J connectivity index is 2.88. The first-order chi connectivity index (χ1) is 9.25. The summed E-state index contributed by atoms with van der Waals surface area (Å²) in [5, 5.41) is 3.28. The molecular formula is C14H27N5O. The molecule has 0 atom stereocenters. The number of anilines is 2. The highest BCUT2D eigenvalue weighted by atomic mass is 16.5. The van der Waals surface area contributed by atoms with Crippen molar-refractivity contribution in [1.29, 1.82) is 0 Å². The fourth-order valence-corrected chi connectivity index (χ4v) is 1.63. The first-order valence-electron chi connectivity index (χ1n) is 6.97. The Morgan fingerprint density at radius 3 is 2.30 bits per heavy atom. The van der Waals surface area contributed by atoms with Gasteiger partial charge in [0, 0.05) is 17.5 Å². The second-order valence-corrected chi connectivity index (χ2v) is 6.11. The molecule has 1 aromatic rings. The van der Waals surface area contributed by atoms with Crippen molar-refractivity contribution in [3.8, 4) is 0 Å². The van der Waals surface area contributed by atoms with E-state index in [2.05, 4.69) is 41.5 Å². The Labute approximate surface area is 121 Å². The molecular weight excluding hydrogens is 254 g/mol. The summed E-state index contributed by atoms with van der Waals surface area (Å²) < 4.78 is 5.51. The fraction of sp³-hybridized carbons (Fsp3) is 0.714. The van der Waals surface area contributed by atoms with Gasteiger partial charge in [-0.1, -0.05) is 20.8 Å². The minimum Gasteiger partial charge on any atom is -0.377 e. The molecule has 6 heteroatoms. The summed E-state index contributed by atoms with van der Waals surface area (Å²) in [6.07, 6.45) is 0.231. The van der Waals surface area contributed by atoms with E-state index in [4.69, 9.17) is 10.6 Å². The minimum absolute atomic E-state index is 0.135. The molecule has 0 unspecified atom stereocenters. The standard InChI is InChI=1S/C14H27N5O/c1-9(2)20-8-7-16-11-10(3)12(19-15)18-13(17-11)14(4,5)6/h9H,7-8,15H2,1-6H3,(H2,16,17,18,19). The molecule has 0 aliphatic heterocycles. The molecule has 0 aromatic carbocycles. The van der Waals surface area contributed by atoms with Gasteiger partial charge in [-0.2, -0.15) is 0 Å². The van der Waals surface area contributed by atoms with Crippen molar-refractivity contribution in [2.75, 3.05) is 23.9 Å². The van der Waals surface area contributed by atoms with Crippen LogP contribution in [0.1, 0.15) is 46.0 Å². The van der Waals surface area contributed by atoms with Crippen LogP contribution in [0.15, 0.2) is 0 Å². The number of ether oxygens (including phenoxy) is 1. The van der Waals surface area contributed by atoms with E-state index in [0.29, 0.717) is 19.0 Å². The van der Waals surface area contributed by atoms with Crippen molar-refractivity contribution in [2.45, 2.75) is 53.1 Å². The summed E-state index contributed by atoms with van der Waals surface area (Å²) >= 11 is 0. The van der Waals surface area contributed by atoms with Crippen LogP contribution in [0, 0.1) is 6.92 Å². The lowest BCUT2D eigenvalue weighted by atomic mass is 9.95. The molecule has 0 spiro atoms. The van der Waals surface area contributed by atoms with Crippen molar-refractivity contribution in [3.63, 3.8) is 0 Å². The third-order valence-electron chi connectivity index (χ3n) is 2.80. The molecule has 20 heavy (non-hydrogen) atoms. The van der Waals surface area contributed by atoms with Crippen LogP contribution in [0.5, 0.6) is 0 Å². The summed E-state index contributed by atoms with van der Waals surface area (Å²) in [6, 6.07) is 0. The minimum atomic E-state index is -0.135. The average Bonchev–Trinajstić information content (AvgIpc) is 2.34. The topological polar surface area (TPSA) is 85.1 Å². The van der Waals surface area contributed by atoms with Gasteiger partial charge >= 0.3 is 0 Å². The molecule has 0 aliphatic rings. The zero-order valence-corrected chi connectivity index (χ0v) is 13.4. The van der Waals surface area contributed by atoms with E-state index < -0.39 is 0 Å². The number of nitrogens with zero attached hydrogens (tertiary/aromatic N) is 2. The van der Waals surface area contributed by atoms with E-state index in [-0.39, 0.29) is 11.5 Å². The van der Waals surface area contributed by atoms with Crippen molar-refractivity contribution in [3.05, 3.63) is 11.4 Å². The second-order valence-electron chi connectivity index (χ2n) is 6.11. The van der Waals surface area contributed by atoms with Crippen LogP contribution in [0.25, 0.3) is 0 Å². The van der Waals surface area contributed by atoms with E-state index in [1.54, 1.807) is 0 Å². The lowest BCUT2D eigenvalue weighted by Gasteiger charge is -2.20. The van der Waals surface area contributed by atoms with Crippen LogP contribution in [0.3, 0.4) is 0 Å². The molecule has 4 N–H and O–H groups in total. The molecule has 1 heterocycles. The van der Waals surface area contributed by atoms with Gasteiger partial charge in [0.2, 0.25) is 0 Å². The Kier molecular flexibility index (Phi) is 5.71. The van der Waals surface area contributed by atoms with E-state index >= 15 is 0 Å². The summed E-state index contributed by atoms with van der Waals surface area (Å²) in [6.45, 7) is 13.5. The number of hydrogen-bond donors (Lipinski definition) is 3. The van der Waals surface area contributed by atoms with Crippen molar-refractivity contribution >= 4 is 11.6 Å². The molecule has 1 rings (SSSR count). The van der Waals surface area contributed by atoms with Gasteiger partial charge in [-0.25, -0.2) is 15.8 Å². The number of nitrogens with two attached hydrogens (primary N) is 1. The normalized spacial score (nSPS) is 11.8. The zero-order chi connectivity index (χ0) is 15.3. The van der Waals surface area contributed by atoms with Crippen LogP contribution in [0.2, 0.25) is 0 Å². The van der Waals surface area contributed by atoms with Gasteiger partial charge in [0.05, 0.1) is 12.7 Å². The van der Waals surface area contributed by atoms with Gasteiger partial charge in [-0.05, 0) is 20.8 Å². The number of rotatable bonds is 6. The molecule has 1 aromatic heterocycles. The Bertz CT molecular complexity index is 440. The van der Waals surface area contributed by atoms with Gasteiger partial charge in [0.1, 0.15) is 17.5 Å². The van der Waals surface area contributed by atoms with Crippen LogP contribution >= 0.6 is 0 Å². The molecule has 0 radical (unpaired) electrons. The molecule has 0 amide bonds. The van der Waals surface area contributed by atoms with E-state index in [9.17, 15) is 0 Å². The number of hydrazine groups is 1. The van der Waals surface area contributed by atoms with E-state index in [0.717, 1.165) is 17.2 Å². The van der Waals surface area contributed by atoms with Crippen LogP contribution in [0.4, 0.5) is 11.6 Å². The molecule has 6 nitrogen and oxygen atoms in total. The summed E-state index contributed by atoms with van der Waals surface area (Å²) in [7, 11) is 0. The highest BCUT2D eigenvalue weighted by Crippen LogP contribution is 2.25. The van der Waals surface area contributed by atoms with Gasteiger partial charge in [0.15, 0.2) is 0 Å². The predicted octanol–water partition coefficient (Wildman–Crippen LogP) is 2.21.